The number of hydrogen-bond donors (Lipinski definition) is 1. The van der Waals surface area contributed by atoms with E-state index in [1.54, 1.807) is 0 Å². The molecule has 11 rings (SSSR count). The van der Waals surface area contributed by atoms with Crippen molar-refractivity contribution < 1.29 is 0 Å². The molecule has 8 aromatic rings. The van der Waals surface area contributed by atoms with E-state index < -0.39 is 0 Å². The minimum atomic E-state index is -0.206. The predicted molar refractivity (Wildman–Crippen MR) is 258 cm³/mol. The van der Waals surface area contributed by atoms with Crippen LogP contribution in [-0.2, 0) is 16.2 Å². The molecule has 0 amide bonds. The molecule has 0 unspecified atom stereocenters. The van der Waals surface area contributed by atoms with Crippen LogP contribution in [0.2, 0.25) is 0 Å². The first-order valence-electron chi connectivity index (χ1n) is 21.5. The van der Waals surface area contributed by atoms with Gasteiger partial charge in [0, 0.05) is 33.2 Å². The van der Waals surface area contributed by atoms with Crippen molar-refractivity contribution in [3.05, 3.63) is 209 Å². The molecule has 8 aromatic carbocycles. The lowest BCUT2D eigenvalue weighted by atomic mass is 9.24. The number of hydrogen-bond acceptors (Lipinski definition) is 1. The fourth-order valence-corrected chi connectivity index (χ4v) is 11.1. The maximum Gasteiger partial charge on any atom is 0.240 e. The zero-order valence-electron chi connectivity index (χ0n) is 35.4. The summed E-state index contributed by atoms with van der Waals surface area (Å²) in [6.45, 7) is 14.6. The second-order valence-electron chi connectivity index (χ2n) is 18.8. The first-order chi connectivity index (χ1) is 29.0. The van der Waals surface area contributed by atoms with Gasteiger partial charge in [-0.05, 0) is 91.5 Å². The zero-order valence-corrected chi connectivity index (χ0v) is 35.4. The number of anilines is 2. The van der Waals surface area contributed by atoms with E-state index in [0.29, 0.717) is 0 Å². The van der Waals surface area contributed by atoms with E-state index in [1.165, 1.54) is 94.1 Å². The summed E-state index contributed by atoms with van der Waals surface area (Å²) in [5.74, 6) is 0. The highest BCUT2D eigenvalue weighted by Gasteiger charge is 2.45. The van der Waals surface area contributed by atoms with Crippen LogP contribution in [0.4, 0.5) is 11.4 Å². The van der Waals surface area contributed by atoms with Crippen molar-refractivity contribution in [1.29, 1.82) is 0 Å². The molecule has 1 aliphatic carbocycles. The Labute approximate surface area is 356 Å². The third kappa shape index (κ3) is 5.48. The normalized spacial score (nSPS) is 15.7. The summed E-state index contributed by atoms with van der Waals surface area (Å²) in [5.41, 5.74) is 24.3. The van der Waals surface area contributed by atoms with Gasteiger partial charge in [0.2, 0.25) is 6.71 Å². The van der Waals surface area contributed by atoms with Crippen LogP contribution in [0, 0.1) is 0 Å². The lowest BCUT2D eigenvalue weighted by molar-refractivity contribution is 0.521. The lowest BCUT2D eigenvalue weighted by Crippen LogP contribution is -2.72. The molecule has 0 atom stereocenters. The molecule has 0 fully saturated rings. The van der Waals surface area contributed by atoms with E-state index in [4.69, 9.17) is 0 Å². The number of nitrogens with one attached hydrogen (secondary N) is 1. The van der Waals surface area contributed by atoms with E-state index in [0.717, 1.165) is 11.4 Å². The third-order valence-electron chi connectivity index (χ3n) is 14.3. The fraction of sp³-hybridized carbons (Fsp3) is 0.158. The van der Waals surface area contributed by atoms with Crippen molar-refractivity contribution in [2.24, 2.45) is 0 Å². The maximum atomic E-state index is 4.03. The topological polar surface area (TPSA) is 12.0 Å². The molecule has 1 nitrogen and oxygen atoms in total. The van der Waals surface area contributed by atoms with Gasteiger partial charge >= 0.3 is 0 Å². The average molecular weight is 769 g/mol. The van der Waals surface area contributed by atoms with Crippen molar-refractivity contribution in [1.82, 2.24) is 0 Å². The molecule has 3 aliphatic rings. The number of benzene rings is 8. The lowest BCUT2D eigenvalue weighted by Gasteiger charge is -2.45. The highest BCUT2D eigenvalue weighted by atomic mass is 14.9. The Morgan fingerprint density at radius 1 is 0.400 bits per heavy atom. The average Bonchev–Trinajstić information content (AvgIpc) is 3.27. The molecule has 0 aromatic heterocycles. The van der Waals surface area contributed by atoms with Crippen LogP contribution in [0.25, 0.3) is 33.4 Å². The molecule has 0 spiro atoms. The molecule has 0 saturated heterocycles. The second-order valence-corrected chi connectivity index (χ2v) is 18.8. The van der Waals surface area contributed by atoms with Crippen LogP contribution >= 0.6 is 0 Å². The third-order valence-corrected chi connectivity index (χ3v) is 14.3. The van der Waals surface area contributed by atoms with Crippen LogP contribution < -0.4 is 32.6 Å². The summed E-state index contributed by atoms with van der Waals surface area (Å²) in [7, 11) is 2.50. The van der Waals surface area contributed by atoms with E-state index in [1.807, 2.05) is 0 Å². The Hall–Kier alpha value is -6.31. The number of fused-ring (bicyclic) bond motifs is 6. The Morgan fingerprint density at radius 3 is 1.60 bits per heavy atom. The standard InChI is InChI=1S/C57H48B2N/c1-55(2)43-22-13-14-23-44(43)56(3,4)48-35-52(60-40-30-28-38(29-31-40)36-18-9-7-10-19-36)41(34-47(48)55)42-32-39(37-20-11-8-12-21-37)33-51-53(42)58-49-26-17-25-46-54(49)59(51)50-27-16-15-24-45(50)57(46,5)6/h7-35,60H,1-6H3. The quantitative estimate of drug-likeness (QED) is 0.172. The van der Waals surface area contributed by atoms with Gasteiger partial charge in [0.05, 0.1) is 0 Å². The van der Waals surface area contributed by atoms with Crippen LogP contribution in [0.3, 0.4) is 0 Å². The van der Waals surface area contributed by atoms with E-state index in [-0.39, 0.29) is 23.0 Å². The van der Waals surface area contributed by atoms with Crippen molar-refractivity contribution in [3.63, 3.8) is 0 Å². The smallest absolute Gasteiger partial charge is 0.240 e. The largest absolute Gasteiger partial charge is 0.355 e. The Balaban J connectivity index is 1.19. The van der Waals surface area contributed by atoms with Gasteiger partial charge in [-0.25, -0.2) is 0 Å². The molecular formula is C57H48B2N. The van der Waals surface area contributed by atoms with Gasteiger partial charge in [0.1, 0.15) is 0 Å². The molecule has 60 heavy (non-hydrogen) atoms. The molecule has 3 heteroatoms. The Kier molecular flexibility index (Phi) is 8.18. The molecule has 287 valence electrons. The summed E-state index contributed by atoms with van der Waals surface area (Å²) in [5, 5.41) is 4.03. The monoisotopic (exact) mass is 768 g/mol. The molecule has 1 radical (unpaired) electrons. The molecular weight excluding hydrogens is 720 g/mol. The van der Waals surface area contributed by atoms with Crippen molar-refractivity contribution in [3.8, 4) is 33.4 Å². The van der Waals surface area contributed by atoms with Gasteiger partial charge in [-0.1, -0.05) is 214 Å². The van der Waals surface area contributed by atoms with Crippen molar-refractivity contribution in [2.75, 3.05) is 5.32 Å². The van der Waals surface area contributed by atoms with Crippen LogP contribution in [0.15, 0.2) is 176 Å². The fourth-order valence-electron chi connectivity index (χ4n) is 11.1. The minimum Gasteiger partial charge on any atom is -0.355 e. The molecule has 0 saturated carbocycles. The maximum absolute atomic E-state index is 4.03. The SMILES string of the molecule is CC1(C)c2ccccc2C(C)(C)c2cc(-c3cc(-c4ccccc4)cc4c3[B]c3cccc5c3B4c3ccccc3C5(C)C)c(Nc3ccc(-c4ccccc4)cc3)cc21. The van der Waals surface area contributed by atoms with Gasteiger partial charge < -0.3 is 5.32 Å². The second kappa shape index (κ2) is 13.4. The van der Waals surface area contributed by atoms with Crippen LogP contribution in [0.5, 0.6) is 0 Å². The van der Waals surface area contributed by atoms with E-state index >= 15 is 0 Å². The number of rotatable bonds is 5. The van der Waals surface area contributed by atoms with Gasteiger partial charge in [0.15, 0.2) is 7.28 Å². The predicted octanol–water partition coefficient (Wildman–Crippen LogP) is 10.5. The van der Waals surface area contributed by atoms with E-state index in [2.05, 4.69) is 230 Å². The Bertz CT molecular complexity index is 2990. The van der Waals surface area contributed by atoms with Gasteiger partial charge in [-0.15, -0.1) is 0 Å². The minimum absolute atomic E-state index is 0.107. The van der Waals surface area contributed by atoms with Gasteiger partial charge in [-0.2, -0.15) is 0 Å². The molecule has 2 aliphatic heterocycles. The zero-order chi connectivity index (χ0) is 41.0. The Morgan fingerprint density at radius 2 is 0.933 bits per heavy atom. The first kappa shape index (κ1) is 36.7. The summed E-state index contributed by atoms with van der Waals surface area (Å²) < 4.78 is 0. The van der Waals surface area contributed by atoms with Gasteiger partial charge in [-0.3, -0.25) is 0 Å². The van der Waals surface area contributed by atoms with Crippen molar-refractivity contribution >= 4 is 52.7 Å². The molecule has 2 heterocycles. The summed E-state index contributed by atoms with van der Waals surface area (Å²) in [6, 6.07) is 65.9. The van der Waals surface area contributed by atoms with Crippen LogP contribution in [-0.4, -0.2) is 14.0 Å². The van der Waals surface area contributed by atoms with Crippen LogP contribution in [0.1, 0.15) is 74.9 Å². The molecule has 0 bridgehead atoms. The van der Waals surface area contributed by atoms with Gasteiger partial charge in [0.25, 0.3) is 0 Å². The summed E-state index contributed by atoms with van der Waals surface area (Å²) >= 11 is 0. The molecule has 1 N–H and O–H groups in total. The summed E-state index contributed by atoms with van der Waals surface area (Å²) in [4.78, 5) is 0. The summed E-state index contributed by atoms with van der Waals surface area (Å²) in [6.07, 6.45) is 0. The highest BCUT2D eigenvalue weighted by Crippen LogP contribution is 2.52. The highest BCUT2D eigenvalue weighted by molar-refractivity contribution is 7.05. The van der Waals surface area contributed by atoms with Crippen molar-refractivity contribution in [2.45, 2.75) is 57.8 Å². The van der Waals surface area contributed by atoms with E-state index in [9.17, 15) is 0 Å². The first-order valence-corrected chi connectivity index (χ1v) is 21.5.